The highest BCUT2D eigenvalue weighted by molar-refractivity contribution is 7.13. The molecule has 0 saturated heterocycles. The number of carbonyl (C=O) groups excluding carboxylic acids is 2. The topological polar surface area (TPSA) is 112 Å². The van der Waals surface area contributed by atoms with Gasteiger partial charge in [0.25, 0.3) is 11.5 Å². The molecule has 0 saturated carbocycles. The number of anilines is 1. The molecule has 2 aromatic heterocycles. The van der Waals surface area contributed by atoms with Crippen molar-refractivity contribution >= 4 is 28.3 Å². The third-order valence-corrected chi connectivity index (χ3v) is 4.81. The number of amides is 1. The molecular formula is C20H20N4O5S. The lowest BCUT2D eigenvalue weighted by atomic mass is 10.2. The largest absolute Gasteiger partial charge is 0.481 e. The second-order valence-corrected chi connectivity index (χ2v) is 7.10. The van der Waals surface area contributed by atoms with Crippen molar-refractivity contribution in [3.63, 3.8) is 0 Å². The van der Waals surface area contributed by atoms with Crippen LogP contribution in [0.3, 0.4) is 0 Å². The molecule has 1 amide bonds. The van der Waals surface area contributed by atoms with Crippen LogP contribution in [0.5, 0.6) is 5.75 Å². The van der Waals surface area contributed by atoms with E-state index in [-0.39, 0.29) is 18.1 Å². The SMILES string of the molecule is CCOC(=O)c1nn(-c2ccccc2C)c(=O)cc1OCC(=O)Nc1nc(C)cs1. The molecule has 0 radical (unpaired) electrons. The summed E-state index contributed by atoms with van der Waals surface area (Å²) in [6.45, 7) is 4.97. The molecule has 9 nitrogen and oxygen atoms in total. The summed E-state index contributed by atoms with van der Waals surface area (Å²) in [6, 6.07) is 8.24. The van der Waals surface area contributed by atoms with Crippen LogP contribution >= 0.6 is 11.3 Å². The molecule has 1 aromatic carbocycles. The van der Waals surface area contributed by atoms with E-state index in [0.717, 1.165) is 22.0 Å². The van der Waals surface area contributed by atoms with Crippen molar-refractivity contribution in [2.24, 2.45) is 0 Å². The molecule has 0 fully saturated rings. The fourth-order valence-corrected chi connectivity index (χ4v) is 3.28. The smallest absolute Gasteiger partial charge is 0.362 e. The Balaban J connectivity index is 1.88. The Bertz CT molecular complexity index is 1140. The van der Waals surface area contributed by atoms with Gasteiger partial charge in [-0.3, -0.25) is 14.9 Å². The Hall–Kier alpha value is -3.53. The minimum absolute atomic E-state index is 0.118. The maximum atomic E-state index is 12.6. The number of benzene rings is 1. The van der Waals surface area contributed by atoms with E-state index in [9.17, 15) is 14.4 Å². The summed E-state index contributed by atoms with van der Waals surface area (Å²) in [6.07, 6.45) is 0. The first kappa shape index (κ1) is 21.2. The van der Waals surface area contributed by atoms with E-state index in [4.69, 9.17) is 9.47 Å². The van der Waals surface area contributed by atoms with E-state index in [2.05, 4.69) is 15.4 Å². The Morgan fingerprint density at radius 3 is 2.67 bits per heavy atom. The van der Waals surface area contributed by atoms with Crippen molar-refractivity contribution in [2.75, 3.05) is 18.5 Å². The molecule has 2 heterocycles. The Morgan fingerprint density at radius 2 is 2.00 bits per heavy atom. The van der Waals surface area contributed by atoms with Crippen molar-refractivity contribution in [1.29, 1.82) is 0 Å². The minimum Gasteiger partial charge on any atom is -0.481 e. The highest BCUT2D eigenvalue weighted by Gasteiger charge is 2.21. The van der Waals surface area contributed by atoms with E-state index in [0.29, 0.717) is 10.8 Å². The summed E-state index contributed by atoms with van der Waals surface area (Å²) in [5.41, 5.74) is 1.40. The van der Waals surface area contributed by atoms with Gasteiger partial charge in [0.2, 0.25) is 5.69 Å². The molecule has 0 unspecified atom stereocenters. The van der Waals surface area contributed by atoms with E-state index in [1.807, 2.05) is 26.0 Å². The molecule has 0 aliphatic heterocycles. The lowest BCUT2D eigenvalue weighted by molar-refractivity contribution is -0.118. The number of para-hydroxylation sites is 1. The number of nitrogens with zero attached hydrogens (tertiary/aromatic N) is 3. The highest BCUT2D eigenvalue weighted by atomic mass is 32.1. The standard InChI is InChI=1S/C20H20N4O5S/c1-4-28-19(27)18-15(29-10-16(25)22-20-21-13(3)11-30-20)9-17(26)24(23-18)14-8-6-5-7-12(14)2/h5-9,11H,4,10H2,1-3H3,(H,21,22,25). The summed E-state index contributed by atoms with van der Waals surface area (Å²) in [7, 11) is 0. The number of rotatable bonds is 7. The van der Waals surface area contributed by atoms with Crippen LogP contribution in [0.25, 0.3) is 5.69 Å². The average molecular weight is 428 g/mol. The van der Waals surface area contributed by atoms with Crippen molar-refractivity contribution in [3.05, 3.63) is 63.0 Å². The van der Waals surface area contributed by atoms with Crippen LogP contribution in [0.15, 0.2) is 40.5 Å². The maximum Gasteiger partial charge on any atom is 0.362 e. The van der Waals surface area contributed by atoms with Crippen LogP contribution in [0, 0.1) is 13.8 Å². The normalized spacial score (nSPS) is 10.5. The van der Waals surface area contributed by atoms with Gasteiger partial charge in [-0.25, -0.2) is 9.78 Å². The Labute approximate surface area is 176 Å². The fourth-order valence-electron chi connectivity index (χ4n) is 2.57. The van der Waals surface area contributed by atoms with Crippen molar-refractivity contribution < 1.29 is 19.1 Å². The van der Waals surface area contributed by atoms with Gasteiger partial charge < -0.3 is 9.47 Å². The average Bonchev–Trinajstić information content (AvgIpc) is 3.11. The number of thiazole rings is 1. The van der Waals surface area contributed by atoms with Gasteiger partial charge in [0.05, 0.1) is 24.1 Å². The van der Waals surface area contributed by atoms with E-state index in [1.165, 1.54) is 11.3 Å². The fraction of sp³-hybridized carbons (Fsp3) is 0.250. The van der Waals surface area contributed by atoms with Gasteiger partial charge in [0.15, 0.2) is 17.5 Å². The number of hydrogen-bond acceptors (Lipinski definition) is 8. The maximum absolute atomic E-state index is 12.6. The van der Waals surface area contributed by atoms with Crippen LogP contribution in [-0.4, -0.2) is 39.9 Å². The van der Waals surface area contributed by atoms with Crippen LogP contribution < -0.4 is 15.6 Å². The second-order valence-electron chi connectivity index (χ2n) is 6.25. The van der Waals surface area contributed by atoms with Crippen LogP contribution in [0.1, 0.15) is 28.7 Å². The van der Waals surface area contributed by atoms with Gasteiger partial charge in [-0.2, -0.15) is 9.78 Å². The molecule has 3 rings (SSSR count). The van der Waals surface area contributed by atoms with Gasteiger partial charge in [0, 0.05) is 5.38 Å². The van der Waals surface area contributed by atoms with Gasteiger partial charge in [0.1, 0.15) is 0 Å². The molecule has 156 valence electrons. The zero-order chi connectivity index (χ0) is 21.7. The summed E-state index contributed by atoms with van der Waals surface area (Å²) < 4.78 is 11.6. The summed E-state index contributed by atoms with van der Waals surface area (Å²) >= 11 is 1.28. The minimum atomic E-state index is -0.759. The third-order valence-electron chi connectivity index (χ3n) is 3.93. The van der Waals surface area contributed by atoms with Gasteiger partial charge >= 0.3 is 5.97 Å². The number of aryl methyl sites for hydroxylation is 2. The predicted octanol–water partition coefficient (Wildman–Crippen LogP) is 2.50. The quantitative estimate of drug-likeness (QED) is 0.575. The summed E-state index contributed by atoms with van der Waals surface area (Å²) in [5.74, 6) is -1.37. The van der Waals surface area contributed by atoms with E-state index < -0.39 is 24.0 Å². The summed E-state index contributed by atoms with van der Waals surface area (Å²) in [5, 5.41) is 8.97. The molecule has 0 bridgehead atoms. The number of nitrogens with one attached hydrogen (secondary N) is 1. The number of aromatic nitrogens is 3. The number of esters is 1. The molecule has 3 aromatic rings. The van der Waals surface area contributed by atoms with Crippen LogP contribution in [0.2, 0.25) is 0 Å². The number of carbonyl (C=O) groups is 2. The second kappa shape index (κ2) is 9.31. The lowest BCUT2D eigenvalue weighted by Crippen LogP contribution is -2.27. The lowest BCUT2D eigenvalue weighted by Gasteiger charge is -2.13. The van der Waals surface area contributed by atoms with Gasteiger partial charge in [-0.05, 0) is 32.4 Å². The van der Waals surface area contributed by atoms with Gasteiger partial charge in [-0.15, -0.1) is 11.3 Å². The van der Waals surface area contributed by atoms with Crippen molar-refractivity contribution in [3.8, 4) is 11.4 Å². The van der Waals surface area contributed by atoms with Crippen molar-refractivity contribution in [1.82, 2.24) is 14.8 Å². The highest BCUT2D eigenvalue weighted by Crippen LogP contribution is 2.18. The van der Waals surface area contributed by atoms with E-state index in [1.54, 1.807) is 24.4 Å². The summed E-state index contributed by atoms with van der Waals surface area (Å²) in [4.78, 5) is 41.3. The Morgan fingerprint density at radius 1 is 1.23 bits per heavy atom. The van der Waals surface area contributed by atoms with E-state index >= 15 is 0 Å². The number of hydrogen-bond donors (Lipinski definition) is 1. The molecule has 10 heteroatoms. The third kappa shape index (κ3) is 4.90. The molecular weight excluding hydrogens is 408 g/mol. The molecule has 1 N–H and O–H groups in total. The molecule has 0 spiro atoms. The predicted molar refractivity (Wildman–Crippen MR) is 112 cm³/mol. The molecule has 0 aliphatic carbocycles. The zero-order valence-electron chi connectivity index (χ0n) is 16.7. The van der Waals surface area contributed by atoms with Crippen molar-refractivity contribution in [2.45, 2.75) is 20.8 Å². The zero-order valence-corrected chi connectivity index (χ0v) is 17.5. The number of ether oxygens (including phenoxy) is 2. The first-order valence-corrected chi connectivity index (χ1v) is 9.99. The Kier molecular flexibility index (Phi) is 6.58. The molecule has 0 atom stereocenters. The molecule has 0 aliphatic rings. The van der Waals surface area contributed by atoms with Gasteiger partial charge in [-0.1, -0.05) is 18.2 Å². The first-order chi connectivity index (χ1) is 14.4. The molecule has 30 heavy (non-hydrogen) atoms. The first-order valence-electron chi connectivity index (χ1n) is 9.11. The monoisotopic (exact) mass is 428 g/mol. The van der Waals surface area contributed by atoms with Crippen LogP contribution in [-0.2, 0) is 9.53 Å². The van der Waals surface area contributed by atoms with Crippen LogP contribution in [0.4, 0.5) is 5.13 Å².